The summed E-state index contributed by atoms with van der Waals surface area (Å²) in [7, 11) is 0. The molecule has 1 heterocycles. The van der Waals surface area contributed by atoms with Crippen molar-refractivity contribution in [1.29, 1.82) is 0 Å². The molecule has 4 nitrogen and oxygen atoms in total. The first-order valence-corrected chi connectivity index (χ1v) is 5.63. The van der Waals surface area contributed by atoms with Gasteiger partial charge in [0.2, 0.25) is 0 Å². The van der Waals surface area contributed by atoms with Crippen LogP contribution >= 0.6 is 0 Å². The van der Waals surface area contributed by atoms with Gasteiger partial charge in [0.05, 0.1) is 6.10 Å². The lowest BCUT2D eigenvalue weighted by Crippen LogP contribution is -2.46. The van der Waals surface area contributed by atoms with Crippen LogP contribution in [0.15, 0.2) is 0 Å². The molecule has 0 aliphatic carbocycles. The number of alkyl halides is 3. The Labute approximate surface area is 97.9 Å². The second kappa shape index (κ2) is 6.20. The molecule has 2 N–H and O–H groups in total. The van der Waals surface area contributed by atoms with Crippen LogP contribution in [0.5, 0.6) is 0 Å². The Bertz CT molecular complexity index is 250. The molecule has 0 radical (unpaired) electrons. The summed E-state index contributed by atoms with van der Waals surface area (Å²) < 4.78 is 41.9. The number of nitrogens with two attached hydrogens (primary N) is 1. The van der Waals surface area contributed by atoms with E-state index in [-0.39, 0.29) is 19.2 Å². The molecule has 0 aromatic rings. The number of carbonyl (C=O) groups excluding carboxylic acids is 1. The van der Waals surface area contributed by atoms with Crippen LogP contribution in [0.3, 0.4) is 0 Å². The van der Waals surface area contributed by atoms with E-state index in [9.17, 15) is 18.0 Å². The number of hydrogen-bond donors (Lipinski definition) is 1. The molecule has 1 aliphatic heterocycles. The number of carbonyl (C=O) groups is 1. The van der Waals surface area contributed by atoms with Gasteiger partial charge < -0.3 is 15.4 Å². The van der Waals surface area contributed by atoms with Crippen LogP contribution in [0, 0.1) is 0 Å². The van der Waals surface area contributed by atoms with Gasteiger partial charge in [-0.05, 0) is 25.8 Å². The van der Waals surface area contributed by atoms with E-state index in [1.165, 1.54) is 0 Å². The monoisotopic (exact) mass is 254 g/mol. The molecular formula is C10H17F3N2O2. The van der Waals surface area contributed by atoms with Gasteiger partial charge in [-0.3, -0.25) is 4.79 Å². The number of halogens is 3. The van der Waals surface area contributed by atoms with Gasteiger partial charge in [-0.1, -0.05) is 0 Å². The summed E-state index contributed by atoms with van der Waals surface area (Å²) in [5, 5.41) is 0. The van der Waals surface area contributed by atoms with E-state index in [0.29, 0.717) is 26.0 Å². The van der Waals surface area contributed by atoms with Gasteiger partial charge in [0.15, 0.2) is 0 Å². The summed E-state index contributed by atoms with van der Waals surface area (Å²) >= 11 is 0. The number of likely N-dealkylation sites (tertiary alicyclic amines) is 1. The Kier molecular flexibility index (Phi) is 5.20. The fourth-order valence-corrected chi connectivity index (χ4v) is 1.74. The quantitative estimate of drug-likeness (QED) is 0.758. The van der Waals surface area contributed by atoms with Crippen molar-refractivity contribution in [2.24, 2.45) is 5.73 Å². The van der Waals surface area contributed by atoms with E-state index in [2.05, 4.69) is 0 Å². The van der Waals surface area contributed by atoms with Crippen LogP contribution in [-0.4, -0.2) is 49.3 Å². The number of ether oxygens (including phenoxy) is 1. The highest BCUT2D eigenvalue weighted by atomic mass is 19.4. The van der Waals surface area contributed by atoms with Crippen LogP contribution in [0.4, 0.5) is 13.2 Å². The first-order chi connectivity index (χ1) is 7.95. The Balaban J connectivity index is 2.28. The second-order valence-electron chi connectivity index (χ2n) is 4.00. The summed E-state index contributed by atoms with van der Waals surface area (Å²) in [5.74, 6) is -1.75. The van der Waals surface area contributed by atoms with Gasteiger partial charge >= 0.3 is 12.1 Å². The maximum atomic E-state index is 12.1. The summed E-state index contributed by atoms with van der Waals surface area (Å²) in [4.78, 5) is 11.8. The van der Waals surface area contributed by atoms with E-state index >= 15 is 0 Å². The van der Waals surface area contributed by atoms with E-state index in [0.717, 1.165) is 11.3 Å². The fourth-order valence-electron chi connectivity index (χ4n) is 1.74. The van der Waals surface area contributed by atoms with Crippen LogP contribution in [0.25, 0.3) is 0 Å². The second-order valence-corrected chi connectivity index (χ2v) is 4.00. The third-order valence-electron chi connectivity index (χ3n) is 2.67. The highest BCUT2D eigenvalue weighted by molar-refractivity contribution is 5.81. The summed E-state index contributed by atoms with van der Waals surface area (Å²) in [6, 6.07) is 0. The van der Waals surface area contributed by atoms with E-state index in [4.69, 9.17) is 10.5 Å². The lowest BCUT2D eigenvalue weighted by molar-refractivity contribution is -0.187. The topological polar surface area (TPSA) is 55.6 Å². The number of piperidine rings is 1. The van der Waals surface area contributed by atoms with Crippen molar-refractivity contribution >= 4 is 5.91 Å². The highest BCUT2D eigenvalue weighted by Gasteiger charge is 2.43. The molecule has 0 unspecified atom stereocenters. The molecule has 0 aromatic carbocycles. The molecule has 0 aromatic heterocycles. The summed E-state index contributed by atoms with van der Waals surface area (Å²) in [6.45, 7) is 1.26. The molecule has 1 fully saturated rings. The lowest BCUT2D eigenvalue weighted by atomic mass is 10.1. The fraction of sp³-hybridized carbons (Fsp3) is 0.900. The van der Waals surface area contributed by atoms with Crippen molar-refractivity contribution in [2.45, 2.75) is 31.5 Å². The first kappa shape index (κ1) is 14.2. The molecule has 0 saturated carbocycles. The Hall–Kier alpha value is -0.820. The van der Waals surface area contributed by atoms with Crippen LogP contribution in [0.1, 0.15) is 19.3 Å². The van der Waals surface area contributed by atoms with E-state index in [1.54, 1.807) is 0 Å². The van der Waals surface area contributed by atoms with Gasteiger partial charge in [-0.25, -0.2) is 0 Å². The summed E-state index contributed by atoms with van der Waals surface area (Å²) in [6.07, 6.45) is -3.19. The van der Waals surface area contributed by atoms with Crippen molar-refractivity contribution in [1.82, 2.24) is 4.90 Å². The van der Waals surface area contributed by atoms with Gasteiger partial charge in [-0.2, -0.15) is 13.2 Å². The third-order valence-corrected chi connectivity index (χ3v) is 2.67. The molecule has 1 amide bonds. The van der Waals surface area contributed by atoms with E-state index < -0.39 is 12.1 Å². The average molecular weight is 254 g/mol. The minimum absolute atomic E-state index is 0.0566. The molecule has 17 heavy (non-hydrogen) atoms. The van der Waals surface area contributed by atoms with Gasteiger partial charge in [0, 0.05) is 19.7 Å². The normalized spacial score (nSPS) is 18.5. The Morgan fingerprint density at radius 2 is 1.94 bits per heavy atom. The molecule has 100 valence electrons. The minimum Gasteiger partial charge on any atom is -0.378 e. The Morgan fingerprint density at radius 3 is 2.41 bits per heavy atom. The SMILES string of the molecule is NCCCOC1CCN(C(=O)C(F)(F)F)CC1. The molecule has 0 atom stereocenters. The molecule has 0 bridgehead atoms. The van der Waals surface area contributed by atoms with Crippen molar-refractivity contribution in [3.05, 3.63) is 0 Å². The molecular weight excluding hydrogens is 237 g/mol. The van der Waals surface area contributed by atoms with Gasteiger partial charge in [0.1, 0.15) is 0 Å². The van der Waals surface area contributed by atoms with Crippen molar-refractivity contribution in [3.8, 4) is 0 Å². The third kappa shape index (κ3) is 4.51. The van der Waals surface area contributed by atoms with Crippen molar-refractivity contribution in [2.75, 3.05) is 26.2 Å². The lowest BCUT2D eigenvalue weighted by Gasteiger charge is -2.32. The van der Waals surface area contributed by atoms with Crippen molar-refractivity contribution in [3.63, 3.8) is 0 Å². The highest BCUT2D eigenvalue weighted by Crippen LogP contribution is 2.22. The maximum absolute atomic E-state index is 12.1. The minimum atomic E-state index is -4.77. The van der Waals surface area contributed by atoms with Crippen LogP contribution in [-0.2, 0) is 9.53 Å². The average Bonchev–Trinajstić information content (AvgIpc) is 2.28. The maximum Gasteiger partial charge on any atom is 0.471 e. The van der Waals surface area contributed by atoms with Crippen molar-refractivity contribution < 1.29 is 22.7 Å². The molecule has 0 spiro atoms. The predicted molar refractivity (Wildman–Crippen MR) is 55.3 cm³/mol. The molecule has 1 aliphatic rings. The molecule has 7 heteroatoms. The van der Waals surface area contributed by atoms with Gasteiger partial charge in [-0.15, -0.1) is 0 Å². The number of hydrogen-bond acceptors (Lipinski definition) is 3. The molecule has 1 saturated heterocycles. The van der Waals surface area contributed by atoms with E-state index in [1.807, 2.05) is 0 Å². The number of nitrogens with zero attached hydrogens (tertiary/aromatic N) is 1. The summed E-state index contributed by atoms with van der Waals surface area (Å²) in [5.41, 5.74) is 5.30. The zero-order chi connectivity index (χ0) is 12.9. The zero-order valence-corrected chi connectivity index (χ0v) is 9.50. The van der Waals surface area contributed by atoms with Gasteiger partial charge in [0.25, 0.3) is 0 Å². The Morgan fingerprint density at radius 1 is 1.35 bits per heavy atom. The smallest absolute Gasteiger partial charge is 0.378 e. The standard InChI is InChI=1S/C10H17F3N2O2/c11-10(12,13)9(16)15-5-2-8(3-6-15)17-7-1-4-14/h8H,1-7,14H2. The van der Waals surface area contributed by atoms with Crippen LogP contribution < -0.4 is 5.73 Å². The number of rotatable bonds is 4. The predicted octanol–water partition coefficient (Wildman–Crippen LogP) is 0.905. The first-order valence-electron chi connectivity index (χ1n) is 5.63. The zero-order valence-electron chi connectivity index (χ0n) is 9.50. The largest absolute Gasteiger partial charge is 0.471 e. The van der Waals surface area contributed by atoms with Crippen LogP contribution in [0.2, 0.25) is 0 Å². The number of amides is 1. The molecule has 1 rings (SSSR count).